The average Bonchev–Trinajstić information content (AvgIpc) is 2.59. The lowest BCUT2D eigenvalue weighted by Crippen LogP contribution is -2.06. The molecule has 3 nitrogen and oxygen atoms in total. The molecule has 80 valence electrons. The number of rotatable bonds is 1. The zero-order valence-corrected chi connectivity index (χ0v) is 10.0. The number of thiazole rings is 1. The van der Waals surface area contributed by atoms with Crippen molar-refractivity contribution < 1.29 is 0 Å². The van der Waals surface area contributed by atoms with Gasteiger partial charge in [-0.1, -0.05) is 13.8 Å². The van der Waals surface area contributed by atoms with E-state index in [0.717, 1.165) is 10.7 Å². The van der Waals surface area contributed by atoms with Gasteiger partial charge in [-0.05, 0) is 12.3 Å². The van der Waals surface area contributed by atoms with Gasteiger partial charge < -0.3 is 5.73 Å². The fourth-order valence-corrected chi connectivity index (χ4v) is 3.25. The number of nitrogens with two attached hydrogens (primary N) is 1. The highest BCUT2D eigenvalue weighted by molar-refractivity contribution is 7.15. The third-order valence-corrected chi connectivity index (χ3v) is 4.44. The molecule has 1 saturated carbocycles. The second-order valence-electron chi connectivity index (χ2n) is 4.96. The monoisotopic (exact) mass is 221 g/mol. The first kappa shape index (κ1) is 9.36. The standard InChI is InChI=1S/C11H15N3S/c1-6-8(7-9(12)11(7,2)3)14-4-5-15-10(14)13-6/h4-5,7,9H,12H2,1-3H3. The predicted octanol–water partition coefficient (Wildman–Crippen LogP) is 2.15. The van der Waals surface area contributed by atoms with Crippen LogP contribution < -0.4 is 5.73 Å². The molecular formula is C11H15N3S. The summed E-state index contributed by atoms with van der Waals surface area (Å²) in [6, 6.07) is 0.274. The van der Waals surface area contributed by atoms with Crippen molar-refractivity contribution in [2.75, 3.05) is 0 Å². The van der Waals surface area contributed by atoms with Gasteiger partial charge in [0.25, 0.3) is 0 Å². The van der Waals surface area contributed by atoms with Crippen molar-refractivity contribution in [3.63, 3.8) is 0 Å². The fourth-order valence-electron chi connectivity index (χ4n) is 2.49. The first-order chi connectivity index (χ1) is 7.03. The van der Waals surface area contributed by atoms with Crippen molar-refractivity contribution in [2.24, 2.45) is 11.1 Å². The van der Waals surface area contributed by atoms with Crippen molar-refractivity contribution in [2.45, 2.75) is 32.7 Å². The molecule has 2 N–H and O–H groups in total. The number of fused-ring (bicyclic) bond motifs is 1. The van der Waals surface area contributed by atoms with Crippen LogP contribution in [-0.2, 0) is 0 Å². The molecule has 0 aromatic carbocycles. The van der Waals surface area contributed by atoms with Crippen LogP contribution in [0, 0.1) is 12.3 Å². The zero-order chi connectivity index (χ0) is 10.8. The maximum Gasteiger partial charge on any atom is 0.194 e. The Bertz CT molecular complexity index is 523. The third-order valence-electron chi connectivity index (χ3n) is 3.69. The Hall–Kier alpha value is -0.870. The highest BCUT2D eigenvalue weighted by Gasteiger charge is 2.58. The summed E-state index contributed by atoms with van der Waals surface area (Å²) >= 11 is 1.68. The van der Waals surface area contributed by atoms with Gasteiger partial charge in [-0.15, -0.1) is 11.3 Å². The minimum absolute atomic E-state index is 0.225. The van der Waals surface area contributed by atoms with Gasteiger partial charge in [-0.2, -0.15) is 0 Å². The van der Waals surface area contributed by atoms with E-state index in [2.05, 4.69) is 41.7 Å². The van der Waals surface area contributed by atoms with E-state index in [-0.39, 0.29) is 11.5 Å². The Morgan fingerprint density at radius 3 is 2.80 bits per heavy atom. The number of aromatic nitrogens is 2. The number of aryl methyl sites for hydroxylation is 1. The molecule has 2 aromatic heterocycles. The minimum Gasteiger partial charge on any atom is -0.327 e. The minimum atomic E-state index is 0.225. The van der Waals surface area contributed by atoms with Crippen LogP contribution in [0.1, 0.15) is 31.2 Å². The summed E-state index contributed by atoms with van der Waals surface area (Å²) in [5, 5.41) is 2.08. The molecule has 2 heterocycles. The Morgan fingerprint density at radius 2 is 2.20 bits per heavy atom. The predicted molar refractivity (Wildman–Crippen MR) is 62.3 cm³/mol. The van der Waals surface area contributed by atoms with Crippen molar-refractivity contribution in [3.05, 3.63) is 23.0 Å². The van der Waals surface area contributed by atoms with Crippen molar-refractivity contribution in [1.29, 1.82) is 0 Å². The molecule has 4 heteroatoms. The second-order valence-corrected chi connectivity index (χ2v) is 5.84. The topological polar surface area (TPSA) is 43.3 Å². The van der Waals surface area contributed by atoms with E-state index in [0.29, 0.717) is 5.92 Å². The molecule has 2 aromatic rings. The van der Waals surface area contributed by atoms with E-state index in [1.807, 2.05) is 0 Å². The summed E-state index contributed by atoms with van der Waals surface area (Å²) in [6.45, 7) is 6.54. The lowest BCUT2D eigenvalue weighted by atomic mass is 10.1. The van der Waals surface area contributed by atoms with Gasteiger partial charge in [0.1, 0.15) is 0 Å². The first-order valence-electron chi connectivity index (χ1n) is 5.21. The summed E-state index contributed by atoms with van der Waals surface area (Å²) in [7, 11) is 0. The van der Waals surface area contributed by atoms with Crippen LogP contribution >= 0.6 is 11.3 Å². The molecule has 2 atom stereocenters. The largest absolute Gasteiger partial charge is 0.327 e. The van der Waals surface area contributed by atoms with Gasteiger partial charge in [0, 0.05) is 23.5 Å². The molecule has 1 aliphatic rings. The molecule has 0 saturated heterocycles. The molecule has 0 radical (unpaired) electrons. The van der Waals surface area contributed by atoms with E-state index in [9.17, 15) is 0 Å². The fraction of sp³-hybridized carbons (Fsp3) is 0.545. The highest BCUT2D eigenvalue weighted by Crippen LogP contribution is 2.57. The Morgan fingerprint density at radius 1 is 1.53 bits per heavy atom. The van der Waals surface area contributed by atoms with Crippen LogP contribution in [0.4, 0.5) is 0 Å². The summed E-state index contributed by atoms with van der Waals surface area (Å²) in [5.41, 5.74) is 8.79. The molecule has 1 aliphatic carbocycles. The molecule has 2 unspecified atom stereocenters. The second kappa shape index (κ2) is 2.62. The van der Waals surface area contributed by atoms with Gasteiger partial charge in [-0.25, -0.2) is 4.98 Å². The molecule has 3 rings (SSSR count). The SMILES string of the molecule is Cc1nc2sccn2c1C1C(N)C1(C)C. The van der Waals surface area contributed by atoms with E-state index < -0.39 is 0 Å². The summed E-state index contributed by atoms with van der Waals surface area (Å²) in [4.78, 5) is 5.64. The Balaban J connectivity index is 2.19. The Labute approximate surface area is 92.9 Å². The first-order valence-corrected chi connectivity index (χ1v) is 6.09. The van der Waals surface area contributed by atoms with Crippen LogP contribution in [0.2, 0.25) is 0 Å². The molecule has 0 bridgehead atoms. The van der Waals surface area contributed by atoms with Crippen LogP contribution in [0.25, 0.3) is 4.96 Å². The van der Waals surface area contributed by atoms with Gasteiger partial charge in [-0.3, -0.25) is 4.40 Å². The summed E-state index contributed by atoms with van der Waals surface area (Å²) in [5.74, 6) is 0.460. The highest BCUT2D eigenvalue weighted by atomic mass is 32.1. The van der Waals surface area contributed by atoms with Crippen LogP contribution in [0.3, 0.4) is 0 Å². The van der Waals surface area contributed by atoms with Crippen molar-refractivity contribution in [3.8, 4) is 0 Å². The van der Waals surface area contributed by atoms with Crippen molar-refractivity contribution in [1.82, 2.24) is 9.38 Å². The van der Waals surface area contributed by atoms with Crippen molar-refractivity contribution >= 4 is 16.3 Å². The molecule has 0 spiro atoms. The maximum atomic E-state index is 6.13. The lowest BCUT2D eigenvalue weighted by molar-refractivity contribution is 0.593. The maximum absolute atomic E-state index is 6.13. The molecular weight excluding hydrogens is 206 g/mol. The molecule has 0 amide bonds. The summed E-state index contributed by atoms with van der Waals surface area (Å²) in [6.07, 6.45) is 2.09. The quantitative estimate of drug-likeness (QED) is 0.802. The third kappa shape index (κ3) is 1.06. The van der Waals surface area contributed by atoms with Crippen LogP contribution in [0.15, 0.2) is 11.6 Å². The van der Waals surface area contributed by atoms with E-state index in [1.165, 1.54) is 5.69 Å². The summed E-state index contributed by atoms with van der Waals surface area (Å²) < 4.78 is 2.19. The number of imidazole rings is 1. The number of nitrogens with zero attached hydrogens (tertiary/aromatic N) is 2. The van der Waals surface area contributed by atoms with E-state index in [1.54, 1.807) is 11.3 Å². The van der Waals surface area contributed by atoms with E-state index >= 15 is 0 Å². The van der Waals surface area contributed by atoms with E-state index in [4.69, 9.17) is 5.73 Å². The van der Waals surface area contributed by atoms with Gasteiger partial charge in [0.05, 0.1) is 11.4 Å². The molecule has 0 aliphatic heterocycles. The number of hydrogen-bond acceptors (Lipinski definition) is 3. The smallest absolute Gasteiger partial charge is 0.194 e. The van der Waals surface area contributed by atoms with Gasteiger partial charge >= 0.3 is 0 Å². The Kier molecular flexibility index (Phi) is 1.64. The molecule has 15 heavy (non-hydrogen) atoms. The van der Waals surface area contributed by atoms with Crippen LogP contribution in [0.5, 0.6) is 0 Å². The normalized spacial score (nSPS) is 28.5. The van der Waals surface area contributed by atoms with Gasteiger partial charge in [0.2, 0.25) is 0 Å². The van der Waals surface area contributed by atoms with Crippen LogP contribution in [-0.4, -0.2) is 15.4 Å². The van der Waals surface area contributed by atoms with Gasteiger partial charge in [0.15, 0.2) is 4.96 Å². The molecule has 1 fully saturated rings. The number of hydrogen-bond donors (Lipinski definition) is 1. The average molecular weight is 221 g/mol. The zero-order valence-electron chi connectivity index (χ0n) is 9.19. The lowest BCUT2D eigenvalue weighted by Gasteiger charge is -2.02.